The van der Waals surface area contributed by atoms with E-state index in [1.165, 1.54) is 32.7 Å². The molecule has 1 aliphatic heterocycles. The van der Waals surface area contributed by atoms with Gasteiger partial charge in [0.05, 0.1) is 11.4 Å². The van der Waals surface area contributed by atoms with E-state index in [1.54, 1.807) is 0 Å². The highest BCUT2D eigenvalue weighted by atomic mass is 32.2. The minimum absolute atomic E-state index is 0.769. The Morgan fingerprint density at radius 2 is 1.19 bits per heavy atom. The SMILES string of the molecule is c1ccc(-c2nc(-c3ccc(N4c5ccccc5Sc5ccccc54)cc3)ns2)cc1. The Bertz CT molecular complexity index is 1320. The van der Waals surface area contributed by atoms with E-state index in [4.69, 9.17) is 4.98 Å². The van der Waals surface area contributed by atoms with Gasteiger partial charge in [-0.1, -0.05) is 66.4 Å². The van der Waals surface area contributed by atoms with Gasteiger partial charge in [0.2, 0.25) is 0 Å². The monoisotopic (exact) mass is 435 g/mol. The highest BCUT2D eigenvalue weighted by molar-refractivity contribution is 7.99. The number of aromatic nitrogens is 2. The van der Waals surface area contributed by atoms with Crippen molar-refractivity contribution in [3.05, 3.63) is 103 Å². The summed E-state index contributed by atoms with van der Waals surface area (Å²) in [4.78, 5) is 9.61. The molecule has 5 heteroatoms. The Morgan fingerprint density at radius 1 is 0.581 bits per heavy atom. The molecule has 0 bridgehead atoms. The van der Waals surface area contributed by atoms with Crippen LogP contribution in [0.5, 0.6) is 0 Å². The van der Waals surface area contributed by atoms with Crippen LogP contribution < -0.4 is 4.90 Å². The number of anilines is 3. The van der Waals surface area contributed by atoms with Crippen molar-refractivity contribution in [2.45, 2.75) is 9.79 Å². The lowest BCUT2D eigenvalue weighted by molar-refractivity contribution is 1.16. The fourth-order valence-electron chi connectivity index (χ4n) is 3.78. The zero-order valence-corrected chi connectivity index (χ0v) is 18.1. The Hall–Kier alpha value is -3.41. The number of para-hydroxylation sites is 2. The lowest BCUT2D eigenvalue weighted by Gasteiger charge is -2.32. The Morgan fingerprint density at radius 3 is 1.87 bits per heavy atom. The van der Waals surface area contributed by atoms with E-state index in [0.29, 0.717) is 0 Å². The van der Waals surface area contributed by atoms with Crippen LogP contribution in [0, 0.1) is 0 Å². The Labute approximate surface area is 189 Å². The van der Waals surface area contributed by atoms with Crippen LogP contribution in [-0.4, -0.2) is 9.36 Å². The van der Waals surface area contributed by atoms with Gasteiger partial charge in [-0.3, -0.25) is 0 Å². The summed E-state index contributed by atoms with van der Waals surface area (Å²) in [5.74, 6) is 0.769. The average molecular weight is 436 g/mol. The molecule has 5 aromatic rings. The zero-order chi connectivity index (χ0) is 20.6. The minimum atomic E-state index is 0.769. The summed E-state index contributed by atoms with van der Waals surface area (Å²) in [6, 6.07) is 35.8. The lowest BCUT2D eigenvalue weighted by atomic mass is 10.1. The topological polar surface area (TPSA) is 29.0 Å². The van der Waals surface area contributed by atoms with Crippen LogP contribution in [0.1, 0.15) is 0 Å². The number of hydrogen-bond acceptors (Lipinski definition) is 5. The lowest BCUT2D eigenvalue weighted by Crippen LogP contribution is -2.14. The number of benzene rings is 4. The maximum Gasteiger partial charge on any atom is 0.173 e. The second kappa shape index (κ2) is 7.69. The third-order valence-electron chi connectivity index (χ3n) is 5.26. The van der Waals surface area contributed by atoms with Gasteiger partial charge in [0.1, 0.15) is 5.01 Å². The number of nitrogens with zero attached hydrogens (tertiary/aromatic N) is 3. The molecule has 31 heavy (non-hydrogen) atoms. The van der Waals surface area contributed by atoms with Gasteiger partial charge in [-0.25, -0.2) is 4.98 Å². The summed E-state index contributed by atoms with van der Waals surface area (Å²) in [5.41, 5.74) is 5.66. The molecule has 1 aromatic heterocycles. The van der Waals surface area contributed by atoms with Crippen LogP contribution in [0.3, 0.4) is 0 Å². The molecule has 3 nitrogen and oxygen atoms in total. The summed E-state index contributed by atoms with van der Waals surface area (Å²) in [6.07, 6.45) is 0. The molecule has 1 aliphatic rings. The van der Waals surface area contributed by atoms with E-state index < -0.39 is 0 Å². The Kier molecular flexibility index (Phi) is 4.55. The normalized spacial score (nSPS) is 12.3. The van der Waals surface area contributed by atoms with Crippen LogP contribution in [0.25, 0.3) is 22.0 Å². The minimum Gasteiger partial charge on any atom is -0.308 e. The van der Waals surface area contributed by atoms with Crippen LogP contribution in [-0.2, 0) is 0 Å². The van der Waals surface area contributed by atoms with Crippen molar-refractivity contribution in [3.63, 3.8) is 0 Å². The van der Waals surface area contributed by atoms with Gasteiger partial charge < -0.3 is 4.90 Å². The van der Waals surface area contributed by atoms with Crippen molar-refractivity contribution >= 4 is 40.4 Å². The molecule has 2 heterocycles. The van der Waals surface area contributed by atoms with Gasteiger partial charge in [0, 0.05) is 26.6 Å². The van der Waals surface area contributed by atoms with Crippen molar-refractivity contribution in [2.24, 2.45) is 0 Å². The molecule has 0 saturated heterocycles. The van der Waals surface area contributed by atoms with Crippen molar-refractivity contribution in [1.29, 1.82) is 0 Å². The van der Waals surface area contributed by atoms with Crippen molar-refractivity contribution in [3.8, 4) is 22.0 Å². The molecule has 6 rings (SSSR count). The summed E-state index contributed by atoms with van der Waals surface area (Å²) in [7, 11) is 0. The molecular weight excluding hydrogens is 418 g/mol. The van der Waals surface area contributed by atoms with Gasteiger partial charge in [0.15, 0.2) is 5.82 Å². The quantitative estimate of drug-likeness (QED) is 0.283. The van der Waals surface area contributed by atoms with E-state index in [0.717, 1.165) is 27.6 Å². The average Bonchev–Trinajstić information content (AvgIpc) is 3.34. The first-order chi connectivity index (χ1) is 15.4. The molecule has 0 saturated carbocycles. The molecule has 0 fully saturated rings. The number of hydrogen-bond donors (Lipinski definition) is 0. The van der Waals surface area contributed by atoms with Crippen LogP contribution in [0.4, 0.5) is 17.1 Å². The highest BCUT2D eigenvalue weighted by Gasteiger charge is 2.24. The van der Waals surface area contributed by atoms with Crippen LogP contribution in [0.2, 0.25) is 0 Å². The van der Waals surface area contributed by atoms with Crippen molar-refractivity contribution in [1.82, 2.24) is 9.36 Å². The first-order valence-electron chi connectivity index (χ1n) is 10.0. The standard InChI is InChI=1S/C26H17N3S2/c1-2-8-19(9-3-1)26-27-25(28-31-26)18-14-16-20(17-15-18)29-21-10-4-6-12-23(21)30-24-13-7-5-11-22(24)29/h1-17H. The zero-order valence-electron chi connectivity index (χ0n) is 16.5. The summed E-state index contributed by atoms with van der Waals surface area (Å²) >= 11 is 3.26. The van der Waals surface area contributed by atoms with Gasteiger partial charge in [-0.05, 0) is 60.1 Å². The first-order valence-corrected chi connectivity index (χ1v) is 11.6. The third kappa shape index (κ3) is 3.32. The fourth-order valence-corrected chi connectivity index (χ4v) is 5.53. The van der Waals surface area contributed by atoms with Crippen LogP contribution in [0.15, 0.2) is 113 Å². The summed E-state index contributed by atoms with van der Waals surface area (Å²) < 4.78 is 4.59. The van der Waals surface area contributed by atoms with Gasteiger partial charge in [-0.2, -0.15) is 4.37 Å². The number of rotatable bonds is 3. The van der Waals surface area contributed by atoms with E-state index in [2.05, 4.69) is 94.2 Å². The van der Waals surface area contributed by atoms with E-state index in [-0.39, 0.29) is 0 Å². The maximum absolute atomic E-state index is 4.76. The fraction of sp³-hybridized carbons (Fsp3) is 0. The first kappa shape index (κ1) is 18.4. The smallest absolute Gasteiger partial charge is 0.173 e. The highest BCUT2D eigenvalue weighted by Crippen LogP contribution is 2.51. The number of fused-ring (bicyclic) bond motifs is 2. The summed E-state index contributed by atoms with van der Waals surface area (Å²) in [5, 5.41) is 0.940. The van der Waals surface area contributed by atoms with E-state index in [9.17, 15) is 0 Å². The molecule has 0 unspecified atom stereocenters. The van der Waals surface area contributed by atoms with E-state index in [1.807, 2.05) is 30.0 Å². The molecule has 0 radical (unpaired) electrons. The largest absolute Gasteiger partial charge is 0.308 e. The molecule has 4 aromatic carbocycles. The summed E-state index contributed by atoms with van der Waals surface area (Å²) in [6.45, 7) is 0. The van der Waals surface area contributed by atoms with E-state index >= 15 is 0 Å². The molecule has 0 aliphatic carbocycles. The van der Waals surface area contributed by atoms with Gasteiger partial charge in [-0.15, -0.1) is 0 Å². The molecule has 0 N–H and O–H groups in total. The van der Waals surface area contributed by atoms with Crippen LogP contribution >= 0.6 is 23.3 Å². The predicted molar refractivity (Wildman–Crippen MR) is 130 cm³/mol. The maximum atomic E-state index is 4.76. The molecule has 0 spiro atoms. The molecule has 0 atom stereocenters. The van der Waals surface area contributed by atoms with Crippen molar-refractivity contribution < 1.29 is 0 Å². The molecule has 0 amide bonds. The molecule has 148 valence electrons. The van der Waals surface area contributed by atoms with Crippen molar-refractivity contribution in [2.75, 3.05) is 4.90 Å². The van der Waals surface area contributed by atoms with Gasteiger partial charge in [0.25, 0.3) is 0 Å². The third-order valence-corrected chi connectivity index (χ3v) is 7.16. The molecular formula is C26H17N3S2. The predicted octanol–water partition coefficient (Wildman–Crippen LogP) is 7.81. The Balaban J connectivity index is 1.37. The van der Waals surface area contributed by atoms with Gasteiger partial charge >= 0.3 is 0 Å². The second-order valence-electron chi connectivity index (χ2n) is 7.21. The second-order valence-corrected chi connectivity index (χ2v) is 9.04.